The summed E-state index contributed by atoms with van der Waals surface area (Å²) in [6.07, 6.45) is 5.75. The zero-order valence-electron chi connectivity index (χ0n) is 12.2. The molecule has 2 saturated heterocycles. The number of hydrogen-bond donors (Lipinski definition) is 2. The van der Waals surface area contributed by atoms with Crippen molar-refractivity contribution >= 4 is 5.91 Å². The fourth-order valence-electron chi connectivity index (χ4n) is 3.63. The van der Waals surface area contributed by atoms with Gasteiger partial charge in [0.05, 0.1) is 6.04 Å². The zero-order valence-corrected chi connectivity index (χ0v) is 12.2. The Balaban J connectivity index is 1.57. The van der Waals surface area contributed by atoms with Gasteiger partial charge in [0, 0.05) is 12.1 Å². The van der Waals surface area contributed by atoms with Gasteiger partial charge in [-0.05, 0) is 57.2 Å². The third-order valence-corrected chi connectivity index (χ3v) is 5.20. The van der Waals surface area contributed by atoms with E-state index in [1.807, 2.05) is 0 Å². The third kappa shape index (κ3) is 2.79. The average Bonchev–Trinajstić information content (AvgIpc) is 2.82. The Kier molecular flexibility index (Phi) is 3.56. The highest BCUT2D eigenvalue weighted by atomic mass is 16.2. The number of amides is 1. The molecule has 0 aromatic rings. The van der Waals surface area contributed by atoms with E-state index in [0.717, 1.165) is 32.5 Å². The SMILES string of the molecule is CC1(C)CC1NC(=O)C1CCCN1C1CCNCC1. The summed E-state index contributed by atoms with van der Waals surface area (Å²) in [5.74, 6) is 0.284. The van der Waals surface area contributed by atoms with E-state index in [1.54, 1.807) is 0 Å². The minimum Gasteiger partial charge on any atom is -0.351 e. The number of piperidine rings is 1. The fraction of sp³-hybridized carbons (Fsp3) is 0.933. The quantitative estimate of drug-likeness (QED) is 0.804. The van der Waals surface area contributed by atoms with E-state index >= 15 is 0 Å². The van der Waals surface area contributed by atoms with Crippen molar-refractivity contribution in [2.24, 2.45) is 5.41 Å². The van der Waals surface area contributed by atoms with E-state index in [1.165, 1.54) is 19.3 Å². The Morgan fingerprint density at radius 2 is 1.95 bits per heavy atom. The number of carbonyl (C=O) groups is 1. The largest absolute Gasteiger partial charge is 0.351 e. The van der Waals surface area contributed by atoms with Crippen LogP contribution in [0.25, 0.3) is 0 Å². The van der Waals surface area contributed by atoms with Crippen molar-refractivity contribution in [2.45, 2.75) is 64.1 Å². The van der Waals surface area contributed by atoms with E-state index in [2.05, 4.69) is 29.4 Å². The molecule has 1 amide bonds. The second kappa shape index (κ2) is 5.06. The number of likely N-dealkylation sites (tertiary alicyclic amines) is 1. The lowest BCUT2D eigenvalue weighted by Gasteiger charge is -2.35. The Morgan fingerprint density at radius 1 is 1.26 bits per heavy atom. The summed E-state index contributed by atoms with van der Waals surface area (Å²) in [5, 5.41) is 6.67. The Labute approximate surface area is 116 Å². The number of nitrogens with zero attached hydrogens (tertiary/aromatic N) is 1. The van der Waals surface area contributed by atoms with E-state index in [-0.39, 0.29) is 11.9 Å². The molecule has 0 aromatic heterocycles. The number of carbonyl (C=O) groups excluding carboxylic acids is 1. The lowest BCUT2D eigenvalue weighted by Crippen LogP contribution is -2.51. The number of hydrogen-bond acceptors (Lipinski definition) is 3. The maximum atomic E-state index is 12.5. The normalized spacial score (nSPS) is 35.3. The molecule has 2 unspecified atom stereocenters. The highest BCUT2D eigenvalue weighted by Crippen LogP contribution is 2.44. The molecule has 3 fully saturated rings. The highest BCUT2D eigenvalue weighted by molar-refractivity contribution is 5.82. The molecule has 0 spiro atoms. The molecule has 2 heterocycles. The molecule has 2 N–H and O–H groups in total. The fourth-order valence-corrected chi connectivity index (χ4v) is 3.63. The third-order valence-electron chi connectivity index (χ3n) is 5.20. The topological polar surface area (TPSA) is 44.4 Å². The maximum Gasteiger partial charge on any atom is 0.237 e. The van der Waals surface area contributed by atoms with Gasteiger partial charge in [-0.1, -0.05) is 13.8 Å². The lowest BCUT2D eigenvalue weighted by atomic mass is 10.0. The van der Waals surface area contributed by atoms with Crippen LogP contribution in [0, 0.1) is 5.41 Å². The van der Waals surface area contributed by atoms with Gasteiger partial charge in [-0.3, -0.25) is 9.69 Å². The van der Waals surface area contributed by atoms with Gasteiger partial charge in [-0.15, -0.1) is 0 Å². The molecule has 4 heteroatoms. The second-order valence-corrected chi connectivity index (χ2v) is 7.13. The molecule has 1 saturated carbocycles. The van der Waals surface area contributed by atoms with Crippen molar-refractivity contribution in [2.75, 3.05) is 19.6 Å². The van der Waals surface area contributed by atoms with Crippen molar-refractivity contribution in [3.63, 3.8) is 0 Å². The molecule has 3 aliphatic rings. The van der Waals surface area contributed by atoms with Gasteiger partial charge in [-0.2, -0.15) is 0 Å². The standard InChI is InChI=1S/C15H27N3O/c1-15(2)10-13(15)17-14(19)12-4-3-9-18(12)11-5-7-16-8-6-11/h11-13,16H,3-10H2,1-2H3,(H,17,19). The summed E-state index contributed by atoms with van der Waals surface area (Å²) in [7, 11) is 0. The van der Waals surface area contributed by atoms with E-state index in [0.29, 0.717) is 17.5 Å². The molecular weight excluding hydrogens is 238 g/mol. The van der Waals surface area contributed by atoms with Crippen molar-refractivity contribution < 1.29 is 4.79 Å². The summed E-state index contributed by atoms with van der Waals surface area (Å²) in [6.45, 7) is 7.78. The summed E-state index contributed by atoms with van der Waals surface area (Å²) >= 11 is 0. The van der Waals surface area contributed by atoms with Gasteiger partial charge in [0.2, 0.25) is 5.91 Å². The van der Waals surface area contributed by atoms with E-state index in [9.17, 15) is 4.79 Å². The predicted octanol–water partition coefficient (Wildman–Crippen LogP) is 1.12. The van der Waals surface area contributed by atoms with Crippen LogP contribution in [0.15, 0.2) is 0 Å². The van der Waals surface area contributed by atoms with Crippen LogP contribution in [-0.2, 0) is 4.79 Å². The van der Waals surface area contributed by atoms with Crippen molar-refractivity contribution in [1.82, 2.24) is 15.5 Å². The minimum atomic E-state index is 0.138. The zero-order chi connectivity index (χ0) is 13.5. The minimum absolute atomic E-state index is 0.138. The molecule has 4 nitrogen and oxygen atoms in total. The van der Waals surface area contributed by atoms with Crippen LogP contribution in [-0.4, -0.2) is 48.6 Å². The van der Waals surface area contributed by atoms with Crippen molar-refractivity contribution in [3.8, 4) is 0 Å². The Bertz CT molecular complexity index is 349. The van der Waals surface area contributed by atoms with Crippen LogP contribution < -0.4 is 10.6 Å². The van der Waals surface area contributed by atoms with Gasteiger partial charge in [0.15, 0.2) is 0 Å². The summed E-state index contributed by atoms with van der Waals surface area (Å²) in [4.78, 5) is 14.9. The molecule has 0 aromatic carbocycles. The van der Waals surface area contributed by atoms with E-state index in [4.69, 9.17) is 0 Å². The van der Waals surface area contributed by atoms with Crippen molar-refractivity contribution in [1.29, 1.82) is 0 Å². The average molecular weight is 265 g/mol. The van der Waals surface area contributed by atoms with Crippen LogP contribution in [0.5, 0.6) is 0 Å². The van der Waals surface area contributed by atoms with Gasteiger partial charge in [-0.25, -0.2) is 0 Å². The van der Waals surface area contributed by atoms with Gasteiger partial charge < -0.3 is 10.6 Å². The highest BCUT2D eigenvalue weighted by Gasteiger charge is 2.48. The first kappa shape index (κ1) is 13.4. The molecule has 2 aliphatic heterocycles. The molecule has 1 aliphatic carbocycles. The van der Waals surface area contributed by atoms with Gasteiger partial charge >= 0.3 is 0 Å². The summed E-state index contributed by atoms with van der Waals surface area (Å²) in [5.41, 5.74) is 0.327. The monoisotopic (exact) mass is 265 g/mol. The van der Waals surface area contributed by atoms with Crippen LogP contribution in [0.4, 0.5) is 0 Å². The first-order chi connectivity index (χ1) is 9.08. The van der Waals surface area contributed by atoms with Crippen LogP contribution in [0.2, 0.25) is 0 Å². The lowest BCUT2D eigenvalue weighted by molar-refractivity contribution is -0.126. The second-order valence-electron chi connectivity index (χ2n) is 7.13. The molecule has 108 valence electrons. The van der Waals surface area contributed by atoms with Crippen molar-refractivity contribution in [3.05, 3.63) is 0 Å². The Hall–Kier alpha value is -0.610. The maximum absolute atomic E-state index is 12.5. The Morgan fingerprint density at radius 3 is 2.58 bits per heavy atom. The van der Waals surface area contributed by atoms with Gasteiger partial charge in [0.25, 0.3) is 0 Å². The van der Waals surface area contributed by atoms with Crippen LogP contribution >= 0.6 is 0 Å². The molecule has 0 bridgehead atoms. The summed E-state index contributed by atoms with van der Waals surface area (Å²) < 4.78 is 0. The van der Waals surface area contributed by atoms with E-state index < -0.39 is 0 Å². The molecule has 3 rings (SSSR count). The van der Waals surface area contributed by atoms with Gasteiger partial charge in [0.1, 0.15) is 0 Å². The summed E-state index contributed by atoms with van der Waals surface area (Å²) in [6, 6.07) is 1.17. The predicted molar refractivity (Wildman–Crippen MR) is 75.9 cm³/mol. The number of rotatable bonds is 3. The van der Waals surface area contributed by atoms with Crippen LogP contribution in [0.3, 0.4) is 0 Å². The van der Waals surface area contributed by atoms with Crippen LogP contribution in [0.1, 0.15) is 46.0 Å². The molecular formula is C15H27N3O. The first-order valence-corrected chi connectivity index (χ1v) is 7.85. The smallest absolute Gasteiger partial charge is 0.237 e. The first-order valence-electron chi connectivity index (χ1n) is 7.85. The molecule has 19 heavy (non-hydrogen) atoms. The molecule has 2 atom stereocenters. The molecule has 0 radical (unpaired) electrons. The number of nitrogens with one attached hydrogen (secondary N) is 2.